The lowest BCUT2D eigenvalue weighted by Crippen LogP contribution is -2.49. The van der Waals surface area contributed by atoms with E-state index in [-0.39, 0.29) is 6.61 Å². The maximum absolute atomic E-state index is 9.48. The second-order valence-corrected chi connectivity index (χ2v) is 5.86. The molecule has 0 saturated heterocycles. The van der Waals surface area contributed by atoms with Crippen LogP contribution in [0, 0.1) is 0 Å². The van der Waals surface area contributed by atoms with E-state index in [4.69, 9.17) is 0 Å². The topological polar surface area (TPSA) is 20.2 Å². The van der Waals surface area contributed by atoms with Gasteiger partial charge in [0.25, 0.3) is 0 Å². The molecule has 2 nitrogen and oxygen atoms in total. The van der Waals surface area contributed by atoms with E-state index >= 15 is 0 Å². The van der Waals surface area contributed by atoms with Crippen molar-refractivity contribution in [1.82, 2.24) is 0 Å². The molecule has 0 spiro atoms. The first-order valence-electron chi connectivity index (χ1n) is 7.73. The Morgan fingerprint density at radius 2 is 1.52 bits per heavy atom. The van der Waals surface area contributed by atoms with Crippen molar-refractivity contribution in [3.8, 4) is 0 Å². The van der Waals surface area contributed by atoms with E-state index in [1.807, 2.05) is 0 Å². The van der Waals surface area contributed by atoms with E-state index in [1.165, 1.54) is 11.1 Å². The van der Waals surface area contributed by atoms with Crippen LogP contribution in [-0.4, -0.2) is 36.3 Å². The minimum absolute atomic E-state index is 0.225. The quantitative estimate of drug-likeness (QED) is 0.772. The molecule has 112 valence electrons. The normalized spacial score (nSPS) is 15.4. The standard InChI is InChI=1S/C19H26NO/c1-3-20(2,14-15-21)19(18-12-8-5-9-13-18)16-17-10-6-4-7-11-17/h4-13,19,21H,3,14-16H2,1-2H3/q+1/t19-,20?/m1/s1. The number of aliphatic hydroxyl groups excluding tert-OH is 1. The highest BCUT2D eigenvalue weighted by atomic mass is 16.3. The minimum atomic E-state index is 0.225. The molecule has 2 rings (SSSR count). The van der Waals surface area contributed by atoms with E-state index in [0.29, 0.717) is 6.04 Å². The van der Waals surface area contributed by atoms with Gasteiger partial charge in [0.1, 0.15) is 12.6 Å². The van der Waals surface area contributed by atoms with Crippen molar-refractivity contribution in [3.63, 3.8) is 0 Å². The van der Waals surface area contributed by atoms with Gasteiger partial charge >= 0.3 is 0 Å². The summed E-state index contributed by atoms with van der Waals surface area (Å²) < 4.78 is 0.857. The average molecular weight is 284 g/mol. The number of nitrogens with zero attached hydrogens (tertiary/aromatic N) is 1. The fourth-order valence-corrected chi connectivity index (χ4v) is 2.97. The highest BCUT2D eigenvalue weighted by Gasteiger charge is 2.32. The van der Waals surface area contributed by atoms with Crippen LogP contribution < -0.4 is 0 Å². The van der Waals surface area contributed by atoms with E-state index in [0.717, 1.165) is 24.0 Å². The molecule has 0 amide bonds. The van der Waals surface area contributed by atoms with Gasteiger partial charge in [0.15, 0.2) is 0 Å². The number of quaternary nitrogens is 1. The summed E-state index contributed by atoms with van der Waals surface area (Å²) in [6, 6.07) is 21.7. The molecule has 0 heterocycles. The molecule has 2 aromatic rings. The number of likely N-dealkylation sites (N-methyl/N-ethyl adjacent to an activating group) is 1. The molecular formula is C19H26NO+. The van der Waals surface area contributed by atoms with Gasteiger partial charge in [-0.15, -0.1) is 0 Å². The number of aliphatic hydroxyl groups is 1. The third-order valence-corrected chi connectivity index (χ3v) is 4.54. The highest BCUT2D eigenvalue weighted by Crippen LogP contribution is 2.30. The van der Waals surface area contributed by atoms with Crippen molar-refractivity contribution in [2.45, 2.75) is 19.4 Å². The molecule has 2 atom stereocenters. The van der Waals surface area contributed by atoms with Gasteiger partial charge in [-0.25, -0.2) is 0 Å². The molecule has 21 heavy (non-hydrogen) atoms. The first-order valence-corrected chi connectivity index (χ1v) is 7.73. The second kappa shape index (κ2) is 7.39. The fraction of sp³-hybridized carbons (Fsp3) is 0.368. The summed E-state index contributed by atoms with van der Waals surface area (Å²) in [4.78, 5) is 0. The summed E-state index contributed by atoms with van der Waals surface area (Å²) >= 11 is 0. The largest absolute Gasteiger partial charge is 0.391 e. The average Bonchev–Trinajstić information content (AvgIpc) is 2.54. The van der Waals surface area contributed by atoms with Gasteiger partial charge in [-0.05, 0) is 12.5 Å². The molecular weight excluding hydrogens is 258 g/mol. The minimum Gasteiger partial charge on any atom is -0.391 e. The monoisotopic (exact) mass is 284 g/mol. The van der Waals surface area contributed by atoms with Crippen LogP contribution in [0.4, 0.5) is 0 Å². The van der Waals surface area contributed by atoms with Gasteiger partial charge in [0.2, 0.25) is 0 Å². The molecule has 1 N–H and O–H groups in total. The number of hydrogen-bond donors (Lipinski definition) is 1. The molecule has 0 saturated carbocycles. The lowest BCUT2D eigenvalue weighted by Gasteiger charge is -2.41. The molecule has 0 bridgehead atoms. The van der Waals surface area contributed by atoms with Crippen molar-refractivity contribution in [2.75, 3.05) is 26.7 Å². The zero-order valence-corrected chi connectivity index (χ0v) is 13.1. The van der Waals surface area contributed by atoms with Crippen molar-refractivity contribution in [1.29, 1.82) is 0 Å². The molecule has 0 fully saturated rings. The Hall–Kier alpha value is -1.64. The Morgan fingerprint density at radius 1 is 0.952 bits per heavy atom. The summed E-state index contributed by atoms with van der Waals surface area (Å²) in [7, 11) is 2.25. The molecule has 0 radical (unpaired) electrons. The van der Waals surface area contributed by atoms with Crippen molar-refractivity contribution < 1.29 is 9.59 Å². The predicted octanol–water partition coefficient (Wildman–Crippen LogP) is 3.43. The van der Waals surface area contributed by atoms with Gasteiger partial charge in [-0.1, -0.05) is 60.7 Å². The van der Waals surface area contributed by atoms with Crippen molar-refractivity contribution >= 4 is 0 Å². The smallest absolute Gasteiger partial charge is 0.119 e. The number of benzene rings is 2. The maximum Gasteiger partial charge on any atom is 0.119 e. The van der Waals surface area contributed by atoms with Crippen LogP contribution in [0.15, 0.2) is 60.7 Å². The molecule has 0 aliphatic rings. The van der Waals surface area contributed by atoms with Crippen LogP contribution in [0.3, 0.4) is 0 Å². The lowest BCUT2D eigenvalue weighted by atomic mass is 9.95. The molecule has 0 aliphatic heterocycles. The predicted molar refractivity (Wildman–Crippen MR) is 88.0 cm³/mol. The van der Waals surface area contributed by atoms with Crippen LogP contribution >= 0.6 is 0 Å². The van der Waals surface area contributed by atoms with Crippen molar-refractivity contribution in [2.24, 2.45) is 0 Å². The van der Waals surface area contributed by atoms with Gasteiger partial charge in [-0.3, -0.25) is 0 Å². The van der Waals surface area contributed by atoms with Crippen LogP contribution in [0.1, 0.15) is 24.1 Å². The van der Waals surface area contributed by atoms with Crippen LogP contribution in [0.5, 0.6) is 0 Å². The van der Waals surface area contributed by atoms with E-state index < -0.39 is 0 Å². The summed E-state index contributed by atoms with van der Waals surface area (Å²) in [5.41, 5.74) is 2.70. The molecule has 2 aromatic carbocycles. The first kappa shape index (κ1) is 15.7. The van der Waals surface area contributed by atoms with Crippen LogP contribution in [-0.2, 0) is 6.42 Å². The van der Waals surface area contributed by atoms with Gasteiger partial charge in [-0.2, -0.15) is 0 Å². The SMILES string of the molecule is CC[N+](C)(CCO)[C@H](Cc1ccccc1)c1ccccc1. The Bertz CT molecular complexity index is 526. The first-order chi connectivity index (χ1) is 10.2. The zero-order chi connectivity index (χ0) is 15.1. The second-order valence-electron chi connectivity index (χ2n) is 5.86. The van der Waals surface area contributed by atoms with Gasteiger partial charge in [0.05, 0.1) is 20.2 Å². The van der Waals surface area contributed by atoms with E-state index in [2.05, 4.69) is 74.6 Å². The zero-order valence-electron chi connectivity index (χ0n) is 13.1. The number of rotatable bonds is 7. The molecule has 2 heteroatoms. The molecule has 1 unspecified atom stereocenters. The van der Waals surface area contributed by atoms with Gasteiger partial charge < -0.3 is 9.59 Å². The fourth-order valence-electron chi connectivity index (χ4n) is 2.97. The molecule has 0 aliphatic carbocycles. The summed E-state index contributed by atoms with van der Waals surface area (Å²) in [5.74, 6) is 0. The van der Waals surface area contributed by atoms with Crippen molar-refractivity contribution in [3.05, 3.63) is 71.8 Å². The Kier molecular flexibility index (Phi) is 5.54. The summed E-state index contributed by atoms with van der Waals surface area (Å²) in [6.45, 7) is 4.22. The summed E-state index contributed by atoms with van der Waals surface area (Å²) in [5, 5.41) is 9.48. The third-order valence-electron chi connectivity index (χ3n) is 4.54. The highest BCUT2D eigenvalue weighted by molar-refractivity contribution is 5.22. The Labute approximate surface area is 128 Å². The molecule has 0 aromatic heterocycles. The Morgan fingerprint density at radius 3 is 2.05 bits per heavy atom. The Balaban J connectivity index is 2.34. The third kappa shape index (κ3) is 3.93. The number of hydrogen-bond acceptors (Lipinski definition) is 1. The van der Waals surface area contributed by atoms with E-state index in [1.54, 1.807) is 0 Å². The van der Waals surface area contributed by atoms with Gasteiger partial charge in [0, 0.05) is 12.0 Å². The van der Waals surface area contributed by atoms with Crippen LogP contribution in [0.25, 0.3) is 0 Å². The summed E-state index contributed by atoms with van der Waals surface area (Å²) in [6.07, 6.45) is 0.995. The lowest BCUT2D eigenvalue weighted by molar-refractivity contribution is -0.938. The van der Waals surface area contributed by atoms with E-state index in [9.17, 15) is 5.11 Å². The van der Waals surface area contributed by atoms with Crippen LogP contribution in [0.2, 0.25) is 0 Å². The maximum atomic E-state index is 9.48.